The maximum atomic E-state index is 11.6. The van der Waals surface area contributed by atoms with Crippen molar-refractivity contribution >= 4 is 12.3 Å². The second-order valence-electron chi connectivity index (χ2n) is 5.70. The molecule has 0 aliphatic heterocycles. The van der Waals surface area contributed by atoms with Crippen LogP contribution in [-0.4, -0.2) is 49.4 Å². The first-order chi connectivity index (χ1) is 10.5. The first-order valence-electron chi connectivity index (χ1n) is 7.80. The van der Waals surface area contributed by atoms with Gasteiger partial charge < -0.3 is 24.1 Å². The van der Waals surface area contributed by atoms with Crippen molar-refractivity contribution in [3.05, 3.63) is 0 Å². The van der Waals surface area contributed by atoms with Gasteiger partial charge in [0, 0.05) is 0 Å². The molecule has 0 spiro atoms. The number of hydrogen-bond acceptors (Lipinski definition) is 7. The fourth-order valence-electron chi connectivity index (χ4n) is 2.15. The summed E-state index contributed by atoms with van der Waals surface area (Å²) in [6.07, 6.45) is 1.16. The highest BCUT2D eigenvalue weighted by Crippen LogP contribution is 2.24. The molecule has 22 heavy (non-hydrogen) atoms. The third-order valence-electron chi connectivity index (χ3n) is 3.36. The molecular weight excluding hydrogens is 292 g/mol. The van der Waals surface area contributed by atoms with Crippen molar-refractivity contribution in [3.8, 4) is 0 Å². The van der Waals surface area contributed by atoms with Gasteiger partial charge >= 0.3 is 12.3 Å². The van der Waals surface area contributed by atoms with Crippen LogP contribution in [0.4, 0.5) is 9.59 Å². The molecule has 0 saturated heterocycles. The Bertz CT molecular complexity index is 343. The Morgan fingerprint density at radius 1 is 1.00 bits per heavy atom. The second-order valence-corrected chi connectivity index (χ2v) is 5.70. The highest BCUT2D eigenvalue weighted by Gasteiger charge is 2.32. The lowest BCUT2D eigenvalue weighted by Gasteiger charge is -2.29. The predicted octanol–water partition coefficient (Wildman–Crippen LogP) is 2.64. The van der Waals surface area contributed by atoms with Gasteiger partial charge in [-0.3, -0.25) is 0 Å². The third-order valence-corrected chi connectivity index (χ3v) is 3.36. The summed E-state index contributed by atoms with van der Waals surface area (Å²) in [4.78, 5) is 23.1. The summed E-state index contributed by atoms with van der Waals surface area (Å²) in [5, 5.41) is 8.59. The molecule has 1 aliphatic rings. The van der Waals surface area contributed by atoms with Crippen LogP contribution in [0.25, 0.3) is 0 Å². The lowest BCUT2D eigenvalue weighted by Crippen LogP contribution is -2.38. The summed E-state index contributed by atoms with van der Waals surface area (Å²) < 4.78 is 20.1. The van der Waals surface area contributed by atoms with Crippen LogP contribution in [0.2, 0.25) is 0 Å². The molecule has 1 fully saturated rings. The molecule has 1 aliphatic carbocycles. The van der Waals surface area contributed by atoms with E-state index in [0.29, 0.717) is 25.4 Å². The largest absolute Gasteiger partial charge is 0.508 e. The van der Waals surface area contributed by atoms with Crippen LogP contribution < -0.4 is 0 Å². The predicted molar refractivity (Wildman–Crippen MR) is 77.5 cm³/mol. The number of aliphatic hydroxyl groups is 1. The fourth-order valence-corrected chi connectivity index (χ4v) is 2.15. The van der Waals surface area contributed by atoms with Gasteiger partial charge in [-0.15, -0.1) is 0 Å². The Morgan fingerprint density at radius 2 is 1.50 bits per heavy atom. The maximum Gasteiger partial charge on any atom is 0.508 e. The number of carbonyl (C=O) groups is 2. The molecule has 0 radical (unpaired) electrons. The van der Waals surface area contributed by atoms with Crippen molar-refractivity contribution in [1.82, 2.24) is 0 Å². The summed E-state index contributed by atoms with van der Waals surface area (Å²) in [6.45, 7) is 4.01. The molecule has 128 valence electrons. The average Bonchev–Trinajstić information content (AvgIpc) is 2.46. The molecule has 2 unspecified atom stereocenters. The average molecular weight is 318 g/mol. The summed E-state index contributed by atoms with van der Waals surface area (Å²) in [7, 11) is 0. The highest BCUT2D eigenvalue weighted by atomic mass is 16.8. The molecule has 0 amide bonds. The van der Waals surface area contributed by atoms with Crippen LogP contribution in [0, 0.1) is 5.92 Å². The molecule has 1 saturated carbocycles. The van der Waals surface area contributed by atoms with E-state index in [9.17, 15) is 9.59 Å². The Balaban J connectivity index is 2.37. The first-order valence-corrected chi connectivity index (χ1v) is 7.80. The van der Waals surface area contributed by atoms with E-state index in [0.717, 1.165) is 19.3 Å². The van der Waals surface area contributed by atoms with Gasteiger partial charge in [-0.1, -0.05) is 13.8 Å². The topological polar surface area (TPSA) is 91.3 Å². The molecule has 0 aromatic rings. The maximum absolute atomic E-state index is 11.6. The lowest BCUT2D eigenvalue weighted by molar-refractivity contribution is -0.0726. The van der Waals surface area contributed by atoms with Crippen molar-refractivity contribution in [2.24, 2.45) is 5.92 Å². The van der Waals surface area contributed by atoms with E-state index >= 15 is 0 Å². The van der Waals surface area contributed by atoms with Crippen LogP contribution in [0.15, 0.2) is 0 Å². The van der Waals surface area contributed by atoms with Gasteiger partial charge in [-0.05, 0) is 38.0 Å². The Hall–Kier alpha value is -1.50. The molecule has 1 rings (SSSR count). The molecule has 0 aromatic carbocycles. The van der Waals surface area contributed by atoms with E-state index in [1.54, 1.807) is 0 Å². The van der Waals surface area contributed by atoms with Gasteiger partial charge in [0.05, 0.1) is 13.2 Å². The molecule has 0 bridgehead atoms. The molecule has 0 aromatic heterocycles. The number of carbonyl (C=O) groups excluding carboxylic acids is 2. The minimum Gasteiger partial charge on any atom is -0.434 e. The minimum atomic E-state index is -0.859. The third kappa shape index (κ3) is 7.49. The van der Waals surface area contributed by atoms with Crippen LogP contribution in [0.5, 0.6) is 0 Å². The van der Waals surface area contributed by atoms with Crippen LogP contribution in [0.3, 0.4) is 0 Å². The van der Waals surface area contributed by atoms with Gasteiger partial charge in [-0.25, -0.2) is 9.59 Å². The van der Waals surface area contributed by atoms with E-state index in [4.69, 9.17) is 19.3 Å². The Labute approximate surface area is 130 Å². The quantitative estimate of drug-likeness (QED) is 0.721. The van der Waals surface area contributed by atoms with Crippen LogP contribution in [0.1, 0.15) is 46.0 Å². The highest BCUT2D eigenvalue weighted by molar-refractivity contribution is 5.61. The number of rotatable bonds is 7. The van der Waals surface area contributed by atoms with E-state index in [2.05, 4.69) is 4.74 Å². The van der Waals surface area contributed by atoms with Gasteiger partial charge in [-0.2, -0.15) is 0 Å². The summed E-state index contributed by atoms with van der Waals surface area (Å²) in [5.74, 6) is 0.444. The number of ether oxygens (including phenoxy) is 4. The normalized spacial score (nSPS) is 21.3. The molecule has 0 heterocycles. The van der Waals surface area contributed by atoms with Gasteiger partial charge in [0.25, 0.3) is 0 Å². The fraction of sp³-hybridized carbons (Fsp3) is 0.867. The van der Waals surface area contributed by atoms with Gasteiger partial charge in [0.1, 0.15) is 18.8 Å². The standard InChI is InChI=1S/C15H26O7/c1-11(2)7-9-19-14(17)21-12-5-3-4-6-13(12)22-15(18)20-10-8-16/h11-13,16H,3-10H2,1-2H3. The second kappa shape index (κ2) is 10.3. The van der Waals surface area contributed by atoms with Gasteiger partial charge in [0.2, 0.25) is 0 Å². The van der Waals surface area contributed by atoms with Crippen molar-refractivity contribution in [1.29, 1.82) is 0 Å². The first kappa shape index (κ1) is 18.5. The van der Waals surface area contributed by atoms with Crippen LogP contribution in [-0.2, 0) is 18.9 Å². The molecule has 1 N–H and O–H groups in total. The van der Waals surface area contributed by atoms with E-state index in [-0.39, 0.29) is 13.2 Å². The molecule has 7 heteroatoms. The monoisotopic (exact) mass is 318 g/mol. The number of hydrogen-bond donors (Lipinski definition) is 1. The number of aliphatic hydroxyl groups excluding tert-OH is 1. The zero-order valence-corrected chi connectivity index (χ0v) is 13.3. The van der Waals surface area contributed by atoms with Gasteiger partial charge in [0.15, 0.2) is 0 Å². The van der Waals surface area contributed by atoms with E-state index in [1.165, 1.54) is 0 Å². The zero-order chi connectivity index (χ0) is 16.4. The summed E-state index contributed by atoms with van der Waals surface area (Å²) >= 11 is 0. The zero-order valence-electron chi connectivity index (χ0n) is 13.3. The smallest absolute Gasteiger partial charge is 0.434 e. The van der Waals surface area contributed by atoms with Crippen molar-refractivity contribution in [3.63, 3.8) is 0 Å². The van der Waals surface area contributed by atoms with Crippen LogP contribution >= 0.6 is 0 Å². The van der Waals surface area contributed by atoms with Crippen molar-refractivity contribution in [2.75, 3.05) is 19.8 Å². The SMILES string of the molecule is CC(C)CCOC(=O)OC1CCCCC1OC(=O)OCCO. The van der Waals surface area contributed by atoms with E-state index < -0.39 is 24.5 Å². The molecule has 7 nitrogen and oxygen atoms in total. The van der Waals surface area contributed by atoms with Crippen molar-refractivity contribution < 1.29 is 33.6 Å². The molecule has 2 atom stereocenters. The Morgan fingerprint density at radius 3 is 1.95 bits per heavy atom. The summed E-state index contributed by atoms with van der Waals surface area (Å²) in [6, 6.07) is 0. The van der Waals surface area contributed by atoms with Crippen molar-refractivity contribution in [2.45, 2.75) is 58.2 Å². The van der Waals surface area contributed by atoms with E-state index in [1.807, 2.05) is 13.8 Å². The summed E-state index contributed by atoms with van der Waals surface area (Å²) in [5.41, 5.74) is 0. The Kier molecular flexibility index (Phi) is 8.65. The lowest BCUT2D eigenvalue weighted by atomic mass is 9.95. The minimum absolute atomic E-state index is 0.117. The molecular formula is C15H26O7.